The first kappa shape index (κ1) is 13.4. The van der Waals surface area contributed by atoms with E-state index in [1.807, 2.05) is 0 Å². The molecule has 2 heterocycles. The summed E-state index contributed by atoms with van der Waals surface area (Å²) in [5.41, 5.74) is 2.34. The third-order valence-electron chi connectivity index (χ3n) is 3.69. The minimum Gasteiger partial charge on any atom is -0.384 e. The van der Waals surface area contributed by atoms with Gasteiger partial charge in [-0.1, -0.05) is 0 Å². The van der Waals surface area contributed by atoms with Crippen molar-refractivity contribution in [3.8, 4) is 0 Å². The van der Waals surface area contributed by atoms with E-state index in [1.165, 1.54) is 11.3 Å². The lowest BCUT2D eigenvalue weighted by Gasteiger charge is -2.26. The number of hydrogen-bond donors (Lipinski definition) is 2. The van der Waals surface area contributed by atoms with E-state index in [9.17, 15) is 0 Å². The second kappa shape index (κ2) is 6.72. The number of amidine groups is 1. The topological polar surface area (TPSA) is 48.9 Å². The van der Waals surface area contributed by atoms with Gasteiger partial charge >= 0.3 is 0 Å². The Morgan fingerprint density at radius 1 is 1.20 bits per heavy atom. The molecule has 0 radical (unpaired) electrons. The summed E-state index contributed by atoms with van der Waals surface area (Å²) >= 11 is 0. The van der Waals surface area contributed by atoms with Gasteiger partial charge in [0, 0.05) is 44.0 Å². The largest absolute Gasteiger partial charge is 0.384 e. The molecule has 2 aliphatic rings. The molecule has 5 nitrogen and oxygen atoms in total. The number of benzene rings is 1. The van der Waals surface area contributed by atoms with Crippen LogP contribution in [0.25, 0.3) is 0 Å². The molecule has 2 aliphatic heterocycles. The molecule has 20 heavy (non-hydrogen) atoms. The molecule has 2 N–H and O–H groups in total. The lowest BCUT2D eigenvalue weighted by atomic mass is 10.2. The van der Waals surface area contributed by atoms with Crippen LogP contribution in [0.3, 0.4) is 0 Å². The van der Waals surface area contributed by atoms with Gasteiger partial charge in [0.15, 0.2) is 0 Å². The number of morpholine rings is 1. The zero-order valence-corrected chi connectivity index (χ0v) is 11.8. The van der Waals surface area contributed by atoms with Gasteiger partial charge in [-0.2, -0.15) is 0 Å². The summed E-state index contributed by atoms with van der Waals surface area (Å²) in [6.45, 7) is 7.70. The van der Waals surface area contributed by atoms with Crippen LogP contribution in [0.2, 0.25) is 0 Å². The quantitative estimate of drug-likeness (QED) is 0.833. The van der Waals surface area contributed by atoms with Crippen molar-refractivity contribution < 1.29 is 4.74 Å². The Balaban J connectivity index is 1.45. The minimum absolute atomic E-state index is 0.865. The molecule has 0 aliphatic carbocycles. The highest BCUT2D eigenvalue weighted by atomic mass is 16.5. The van der Waals surface area contributed by atoms with E-state index in [1.54, 1.807) is 0 Å². The minimum atomic E-state index is 0.865. The van der Waals surface area contributed by atoms with Crippen molar-refractivity contribution in [3.05, 3.63) is 29.8 Å². The molecule has 0 spiro atoms. The summed E-state index contributed by atoms with van der Waals surface area (Å²) in [5, 5.41) is 6.76. The number of aliphatic imine (C=N–C) groups is 1. The lowest BCUT2D eigenvalue weighted by Crippen LogP contribution is -2.39. The number of nitrogens with one attached hydrogen (secondary N) is 2. The predicted octanol–water partition coefficient (Wildman–Crippen LogP) is 0.780. The van der Waals surface area contributed by atoms with E-state index in [2.05, 4.69) is 44.8 Å². The number of nitrogens with zero attached hydrogens (tertiary/aromatic N) is 2. The van der Waals surface area contributed by atoms with Gasteiger partial charge in [-0.05, 0) is 24.3 Å². The Morgan fingerprint density at radius 3 is 2.70 bits per heavy atom. The summed E-state index contributed by atoms with van der Waals surface area (Å²) in [7, 11) is 0. The van der Waals surface area contributed by atoms with Crippen molar-refractivity contribution in [2.45, 2.75) is 0 Å². The fourth-order valence-corrected chi connectivity index (χ4v) is 2.52. The Morgan fingerprint density at radius 2 is 2.00 bits per heavy atom. The van der Waals surface area contributed by atoms with E-state index >= 15 is 0 Å². The molecule has 0 saturated carbocycles. The average Bonchev–Trinajstić information content (AvgIpc) is 3.03. The molecule has 108 valence electrons. The smallest absolute Gasteiger partial charge is 0.128 e. The van der Waals surface area contributed by atoms with Gasteiger partial charge in [0.2, 0.25) is 0 Å². The van der Waals surface area contributed by atoms with Crippen molar-refractivity contribution in [2.24, 2.45) is 4.99 Å². The summed E-state index contributed by atoms with van der Waals surface area (Å²) in [6, 6.07) is 8.48. The average molecular weight is 274 g/mol. The molecular formula is C15H22N4O. The zero-order chi connectivity index (χ0) is 13.6. The fourth-order valence-electron chi connectivity index (χ4n) is 2.52. The Labute approximate surface area is 120 Å². The number of anilines is 1. The van der Waals surface area contributed by atoms with Gasteiger partial charge < -0.3 is 15.4 Å². The van der Waals surface area contributed by atoms with Crippen molar-refractivity contribution in [2.75, 3.05) is 57.8 Å². The second-order valence-corrected chi connectivity index (χ2v) is 5.12. The molecule has 3 rings (SSSR count). The van der Waals surface area contributed by atoms with Crippen LogP contribution in [0.15, 0.2) is 29.3 Å². The number of hydrogen-bond acceptors (Lipinski definition) is 5. The lowest BCUT2D eigenvalue weighted by molar-refractivity contribution is 0.0398. The number of rotatable bonds is 5. The van der Waals surface area contributed by atoms with Crippen molar-refractivity contribution in [1.29, 1.82) is 0 Å². The molecule has 0 atom stereocenters. The zero-order valence-electron chi connectivity index (χ0n) is 11.8. The molecule has 0 amide bonds. The van der Waals surface area contributed by atoms with E-state index in [0.29, 0.717) is 0 Å². The fraction of sp³-hybridized carbons (Fsp3) is 0.533. The highest BCUT2D eigenvalue weighted by Gasteiger charge is 2.09. The van der Waals surface area contributed by atoms with Crippen LogP contribution in [-0.4, -0.2) is 63.2 Å². The van der Waals surface area contributed by atoms with Crippen molar-refractivity contribution >= 4 is 11.5 Å². The Kier molecular flexibility index (Phi) is 4.50. The molecule has 1 aromatic carbocycles. The van der Waals surface area contributed by atoms with Crippen LogP contribution < -0.4 is 10.6 Å². The standard InChI is InChI=1S/C15H22N4O/c1-3-14(4-2-13(1)15-17-5-6-18-15)16-7-8-19-9-11-20-12-10-19/h1-4,16H,5-12H2,(H,17,18). The normalized spacial score (nSPS) is 19.5. The molecule has 0 bridgehead atoms. The van der Waals surface area contributed by atoms with Gasteiger partial charge in [0.25, 0.3) is 0 Å². The maximum Gasteiger partial charge on any atom is 0.128 e. The van der Waals surface area contributed by atoms with Crippen LogP contribution >= 0.6 is 0 Å². The summed E-state index contributed by atoms with van der Waals surface area (Å²) < 4.78 is 5.35. The molecule has 1 saturated heterocycles. The maximum atomic E-state index is 5.35. The first-order valence-corrected chi connectivity index (χ1v) is 7.34. The highest BCUT2D eigenvalue weighted by molar-refractivity contribution is 5.99. The third-order valence-corrected chi connectivity index (χ3v) is 3.69. The van der Waals surface area contributed by atoms with Gasteiger partial charge in [0.1, 0.15) is 5.84 Å². The first-order chi connectivity index (χ1) is 9.92. The SMILES string of the molecule is c1cc(C2=NCCN2)ccc1NCCN1CCOCC1. The molecular weight excluding hydrogens is 252 g/mol. The van der Waals surface area contributed by atoms with Gasteiger partial charge in [0.05, 0.1) is 19.8 Å². The van der Waals surface area contributed by atoms with Crippen LogP contribution in [0.4, 0.5) is 5.69 Å². The summed E-state index contributed by atoms with van der Waals surface area (Å²) in [5.74, 6) is 1.02. The Hall–Kier alpha value is -1.59. The molecule has 1 fully saturated rings. The van der Waals surface area contributed by atoms with Crippen molar-refractivity contribution in [3.63, 3.8) is 0 Å². The molecule has 5 heteroatoms. The monoisotopic (exact) mass is 274 g/mol. The highest BCUT2D eigenvalue weighted by Crippen LogP contribution is 2.11. The molecule has 0 unspecified atom stereocenters. The molecule has 0 aromatic heterocycles. The van der Waals surface area contributed by atoms with E-state index in [0.717, 1.165) is 58.3 Å². The third kappa shape index (κ3) is 3.49. The second-order valence-electron chi connectivity index (χ2n) is 5.12. The van der Waals surface area contributed by atoms with Gasteiger partial charge in [-0.15, -0.1) is 0 Å². The molecule has 1 aromatic rings. The summed E-state index contributed by atoms with van der Waals surface area (Å²) in [4.78, 5) is 6.86. The first-order valence-electron chi connectivity index (χ1n) is 7.34. The van der Waals surface area contributed by atoms with Gasteiger partial charge in [-0.25, -0.2) is 0 Å². The van der Waals surface area contributed by atoms with E-state index < -0.39 is 0 Å². The van der Waals surface area contributed by atoms with Crippen molar-refractivity contribution in [1.82, 2.24) is 10.2 Å². The van der Waals surface area contributed by atoms with E-state index in [-0.39, 0.29) is 0 Å². The Bertz CT molecular complexity index is 451. The van der Waals surface area contributed by atoms with Crippen LogP contribution in [0, 0.1) is 0 Å². The van der Waals surface area contributed by atoms with Gasteiger partial charge in [-0.3, -0.25) is 9.89 Å². The maximum absolute atomic E-state index is 5.35. The van der Waals surface area contributed by atoms with E-state index in [4.69, 9.17) is 4.74 Å². The van der Waals surface area contributed by atoms with Crippen LogP contribution in [0.1, 0.15) is 5.56 Å². The predicted molar refractivity (Wildman–Crippen MR) is 81.6 cm³/mol. The van der Waals surface area contributed by atoms with Crippen LogP contribution in [-0.2, 0) is 4.74 Å². The summed E-state index contributed by atoms with van der Waals surface area (Å²) in [6.07, 6.45) is 0. The number of ether oxygens (including phenoxy) is 1. The van der Waals surface area contributed by atoms with Crippen LogP contribution in [0.5, 0.6) is 0 Å².